The summed E-state index contributed by atoms with van der Waals surface area (Å²) in [5.74, 6) is 0.288. The van der Waals surface area contributed by atoms with Crippen LogP contribution in [0.4, 0.5) is 5.69 Å². The van der Waals surface area contributed by atoms with Crippen molar-refractivity contribution in [1.82, 2.24) is 9.38 Å². The van der Waals surface area contributed by atoms with Gasteiger partial charge in [-0.1, -0.05) is 39.0 Å². The van der Waals surface area contributed by atoms with Crippen molar-refractivity contribution in [3.05, 3.63) is 65.1 Å². The van der Waals surface area contributed by atoms with Gasteiger partial charge in [-0.3, -0.25) is 9.20 Å². The lowest BCUT2D eigenvalue weighted by atomic mass is 9.97. The first-order valence-corrected chi connectivity index (χ1v) is 8.93. The van der Waals surface area contributed by atoms with Crippen LogP contribution in [0.25, 0.3) is 5.65 Å². The summed E-state index contributed by atoms with van der Waals surface area (Å²) in [5.41, 5.74) is 5.44. The summed E-state index contributed by atoms with van der Waals surface area (Å²) < 4.78 is 1.88. The van der Waals surface area contributed by atoms with E-state index in [1.165, 1.54) is 5.56 Å². The summed E-state index contributed by atoms with van der Waals surface area (Å²) in [7, 11) is 0. The molecular weight excluding hydrogens is 310 g/mol. The summed E-state index contributed by atoms with van der Waals surface area (Å²) in [6.07, 6.45) is 3.67. The lowest BCUT2D eigenvalue weighted by molar-refractivity contribution is 0.102. The molecule has 0 spiro atoms. The van der Waals surface area contributed by atoms with Gasteiger partial charge in [0.25, 0.3) is 5.91 Å². The lowest BCUT2D eigenvalue weighted by Gasteiger charge is -2.16. The van der Waals surface area contributed by atoms with Crippen molar-refractivity contribution in [2.24, 2.45) is 0 Å². The Bertz CT molecular complexity index is 911. The van der Waals surface area contributed by atoms with Gasteiger partial charge in [0.1, 0.15) is 11.3 Å². The monoisotopic (exact) mass is 335 g/mol. The van der Waals surface area contributed by atoms with Crippen LogP contribution in [0.3, 0.4) is 0 Å². The number of hydrogen-bond donors (Lipinski definition) is 1. The minimum atomic E-state index is -0.107. The van der Waals surface area contributed by atoms with Crippen LogP contribution >= 0.6 is 0 Å². The first-order valence-electron chi connectivity index (χ1n) is 8.93. The minimum Gasteiger partial charge on any atom is -0.320 e. The van der Waals surface area contributed by atoms with Crippen LogP contribution in [0.2, 0.25) is 0 Å². The maximum Gasteiger partial charge on any atom is 0.274 e. The molecule has 3 aromatic rings. The van der Waals surface area contributed by atoms with Gasteiger partial charge in [-0.25, -0.2) is 4.98 Å². The molecule has 1 atom stereocenters. The molecular formula is C21H25N3O. The van der Waals surface area contributed by atoms with Crippen LogP contribution in [0.5, 0.6) is 0 Å². The van der Waals surface area contributed by atoms with Gasteiger partial charge in [0.2, 0.25) is 0 Å². The summed E-state index contributed by atoms with van der Waals surface area (Å²) in [6, 6.07) is 12.0. The third-order valence-electron chi connectivity index (χ3n) is 4.76. The average Bonchev–Trinajstić information content (AvgIpc) is 2.99. The fourth-order valence-corrected chi connectivity index (χ4v) is 3.12. The quantitative estimate of drug-likeness (QED) is 0.715. The molecule has 0 bridgehead atoms. The molecule has 1 aromatic carbocycles. The molecule has 0 saturated heterocycles. The Morgan fingerprint density at radius 3 is 2.72 bits per heavy atom. The van der Waals surface area contributed by atoms with Crippen molar-refractivity contribution in [2.45, 2.75) is 46.5 Å². The molecule has 1 N–H and O–H groups in total. The van der Waals surface area contributed by atoms with Crippen molar-refractivity contribution < 1.29 is 4.79 Å². The van der Waals surface area contributed by atoms with E-state index < -0.39 is 0 Å². The standard InChI is InChI=1S/C21H25N3O/c1-5-15(4)16-9-7-8-10-18(16)23-21(25)20-17(6-2)22-19-13-14(3)11-12-24(19)20/h7-13,15H,5-6H2,1-4H3,(H,23,25). The van der Waals surface area contributed by atoms with Gasteiger partial charge in [-0.2, -0.15) is 0 Å². The Morgan fingerprint density at radius 1 is 1.24 bits per heavy atom. The number of aromatic nitrogens is 2. The second-order valence-corrected chi connectivity index (χ2v) is 6.54. The average molecular weight is 335 g/mol. The molecule has 4 heteroatoms. The number of carbonyl (C=O) groups excluding carboxylic acids is 1. The predicted molar refractivity (Wildman–Crippen MR) is 102 cm³/mol. The van der Waals surface area contributed by atoms with Crippen molar-refractivity contribution in [3.63, 3.8) is 0 Å². The number of fused-ring (bicyclic) bond motifs is 1. The largest absolute Gasteiger partial charge is 0.320 e. The highest BCUT2D eigenvalue weighted by atomic mass is 16.2. The summed E-state index contributed by atoms with van der Waals surface area (Å²) >= 11 is 0. The number of nitrogens with one attached hydrogen (secondary N) is 1. The zero-order valence-corrected chi connectivity index (χ0v) is 15.3. The number of imidazole rings is 1. The van der Waals surface area contributed by atoms with E-state index in [0.29, 0.717) is 11.6 Å². The zero-order valence-electron chi connectivity index (χ0n) is 15.3. The second kappa shape index (κ2) is 7.09. The van der Waals surface area contributed by atoms with Crippen molar-refractivity contribution in [3.8, 4) is 0 Å². The molecule has 4 nitrogen and oxygen atoms in total. The molecule has 1 amide bonds. The third-order valence-corrected chi connectivity index (χ3v) is 4.76. The van der Waals surface area contributed by atoms with Crippen molar-refractivity contribution >= 4 is 17.2 Å². The van der Waals surface area contributed by atoms with E-state index in [-0.39, 0.29) is 5.91 Å². The number of rotatable bonds is 5. The second-order valence-electron chi connectivity index (χ2n) is 6.54. The maximum absolute atomic E-state index is 13.0. The number of pyridine rings is 1. The molecule has 0 fully saturated rings. The van der Waals surface area contributed by atoms with E-state index in [1.54, 1.807) is 0 Å². The fraction of sp³-hybridized carbons (Fsp3) is 0.333. The Hall–Kier alpha value is -2.62. The molecule has 0 aliphatic heterocycles. The highest BCUT2D eigenvalue weighted by molar-refractivity contribution is 6.05. The molecule has 0 aliphatic carbocycles. The molecule has 0 radical (unpaired) electrons. The molecule has 25 heavy (non-hydrogen) atoms. The van der Waals surface area contributed by atoms with Gasteiger partial charge < -0.3 is 5.32 Å². The van der Waals surface area contributed by atoms with E-state index in [2.05, 4.69) is 30.2 Å². The molecule has 3 rings (SSSR count). The first-order chi connectivity index (χ1) is 12.0. The van der Waals surface area contributed by atoms with Crippen LogP contribution in [0.15, 0.2) is 42.6 Å². The van der Waals surface area contributed by atoms with Gasteiger partial charge in [-0.15, -0.1) is 0 Å². The van der Waals surface area contributed by atoms with Gasteiger partial charge in [0, 0.05) is 11.9 Å². The highest BCUT2D eigenvalue weighted by Gasteiger charge is 2.20. The lowest BCUT2D eigenvalue weighted by Crippen LogP contribution is -2.17. The van der Waals surface area contributed by atoms with Crippen LogP contribution in [0, 0.1) is 6.92 Å². The number of amides is 1. The Kier molecular flexibility index (Phi) is 4.88. The molecule has 2 aromatic heterocycles. The predicted octanol–water partition coefficient (Wildman–Crippen LogP) is 4.97. The number of nitrogens with zero attached hydrogens (tertiary/aromatic N) is 2. The van der Waals surface area contributed by atoms with Gasteiger partial charge in [0.05, 0.1) is 5.69 Å². The number of aryl methyl sites for hydroxylation is 2. The third kappa shape index (κ3) is 3.29. The SMILES string of the molecule is CCc1nc2cc(C)ccn2c1C(=O)Nc1ccccc1C(C)CC. The number of anilines is 1. The Morgan fingerprint density at radius 2 is 2.00 bits per heavy atom. The summed E-state index contributed by atoms with van der Waals surface area (Å²) in [6.45, 7) is 8.39. The van der Waals surface area contributed by atoms with Crippen LogP contribution in [-0.4, -0.2) is 15.3 Å². The first kappa shape index (κ1) is 17.2. The van der Waals surface area contributed by atoms with Crippen LogP contribution < -0.4 is 5.32 Å². The summed E-state index contributed by atoms with van der Waals surface area (Å²) in [4.78, 5) is 17.7. The van der Waals surface area contributed by atoms with E-state index in [1.807, 2.05) is 54.8 Å². The van der Waals surface area contributed by atoms with Gasteiger partial charge in [0.15, 0.2) is 0 Å². The Balaban J connectivity index is 2.01. The van der Waals surface area contributed by atoms with E-state index in [4.69, 9.17) is 0 Å². The minimum absolute atomic E-state index is 0.107. The van der Waals surface area contributed by atoms with Gasteiger partial charge in [-0.05, 0) is 55.0 Å². The van der Waals surface area contributed by atoms with E-state index in [0.717, 1.165) is 35.4 Å². The van der Waals surface area contributed by atoms with Crippen molar-refractivity contribution in [1.29, 1.82) is 0 Å². The Labute approximate surface area is 148 Å². The molecule has 130 valence electrons. The fourth-order valence-electron chi connectivity index (χ4n) is 3.12. The smallest absolute Gasteiger partial charge is 0.274 e. The molecule has 0 saturated carbocycles. The highest BCUT2D eigenvalue weighted by Crippen LogP contribution is 2.27. The zero-order chi connectivity index (χ0) is 18.0. The van der Waals surface area contributed by atoms with E-state index >= 15 is 0 Å². The van der Waals surface area contributed by atoms with Crippen LogP contribution in [-0.2, 0) is 6.42 Å². The topological polar surface area (TPSA) is 46.4 Å². The number of para-hydroxylation sites is 1. The molecule has 1 unspecified atom stereocenters. The molecule has 2 heterocycles. The van der Waals surface area contributed by atoms with Crippen LogP contribution in [0.1, 0.15) is 60.4 Å². The summed E-state index contributed by atoms with van der Waals surface area (Å²) in [5, 5.41) is 3.11. The number of carbonyl (C=O) groups is 1. The molecule has 0 aliphatic rings. The van der Waals surface area contributed by atoms with Gasteiger partial charge >= 0.3 is 0 Å². The van der Waals surface area contributed by atoms with Crippen molar-refractivity contribution in [2.75, 3.05) is 5.32 Å². The number of hydrogen-bond acceptors (Lipinski definition) is 2. The normalized spacial score (nSPS) is 12.3. The van der Waals surface area contributed by atoms with E-state index in [9.17, 15) is 4.79 Å². The number of benzene rings is 1. The maximum atomic E-state index is 13.0.